The van der Waals surface area contributed by atoms with Crippen LogP contribution in [0.1, 0.15) is 27.6 Å². The van der Waals surface area contributed by atoms with Gasteiger partial charge in [0.25, 0.3) is 5.91 Å². The van der Waals surface area contributed by atoms with E-state index in [4.69, 9.17) is 4.52 Å². The number of piperazine rings is 1. The fraction of sp³-hybridized carbons (Fsp3) is 0.350. The Morgan fingerprint density at radius 2 is 1.90 bits per heavy atom. The van der Waals surface area contributed by atoms with E-state index in [9.17, 15) is 18.0 Å². The number of benzene rings is 1. The Labute approximate surface area is 175 Å². The van der Waals surface area contributed by atoms with Gasteiger partial charge in [0, 0.05) is 37.9 Å². The lowest BCUT2D eigenvalue weighted by atomic mass is 10.1. The summed E-state index contributed by atoms with van der Waals surface area (Å²) < 4.78 is 43.9. The summed E-state index contributed by atoms with van der Waals surface area (Å²) in [6, 6.07) is 4.80. The van der Waals surface area contributed by atoms with E-state index in [0.717, 1.165) is 17.8 Å². The summed E-state index contributed by atoms with van der Waals surface area (Å²) in [7, 11) is 0. The van der Waals surface area contributed by atoms with Crippen molar-refractivity contribution < 1.29 is 22.5 Å². The average Bonchev–Trinajstić information content (AvgIpc) is 3.22. The van der Waals surface area contributed by atoms with Crippen LogP contribution >= 0.6 is 0 Å². The molecule has 0 atom stereocenters. The molecule has 1 aliphatic heterocycles. The van der Waals surface area contributed by atoms with Crippen LogP contribution in [0.15, 0.2) is 41.2 Å². The number of aryl methyl sites for hydroxylation is 1. The molecule has 1 fully saturated rings. The predicted octanol–water partition coefficient (Wildman–Crippen LogP) is 2.81. The van der Waals surface area contributed by atoms with Crippen LogP contribution in [0, 0.1) is 6.92 Å². The van der Waals surface area contributed by atoms with E-state index in [0.29, 0.717) is 44.3 Å². The van der Waals surface area contributed by atoms with Gasteiger partial charge in [-0.15, -0.1) is 0 Å². The van der Waals surface area contributed by atoms with Crippen molar-refractivity contribution in [3.05, 3.63) is 59.5 Å². The predicted molar refractivity (Wildman–Crippen MR) is 103 cm³/mol. The molecule has 31 heavy (non-hydrogen) atoms. The van der Waals surface area contributed by atoms with Crippen LogP contribution in [-0.2, 0) is 12.7 Å². The maximum Gasteiger partial charge on any atom is 0.416 e. The summed E-state index contributed by atoms with van der Waals surface area (Å²) in [6.45, 7) is 4.33. The van der Waals surface area contributed by atoms with E-state index in [-0.39, 0.29) is 17.3 Å². The third kappa shape index (κ3) is 4.88. The van der Waals surface area contributed by atoms with Gasteiger partial charge in [0.2, 0.25) is 11.7 Å². The van der Waals surface area contributed by atoms with Crippen molar-refractivity contribution in [1.82, 2.24) is 29.9 Å². The molecule has 1 saturated heterocycles. The average molecular weight is 432 g/mol. The zero-order chi connectivity index (χ0) is 22.0. The molecule has 0 spiro atoms. The summed E-state index contributed by atoms with van der Waals surface area (Å²) in [5.74, 6) is 0.237. The first kappa shape index (κ1) is 20.9. The van der Waals surface area contributed by atoms with Crippen molar-refractivity contribution in [3.8, 4) is 11.4 Å². The molecule has 2 aromatic heterocycles. The topological polar surface area (TPSA) is 88.3 Å². The standard InChI is InChI=1S/C20H19F3N6O2/c1-13-10-25-16(11-24-13)19(30)29-7-5-28(6-8-29)12-17-26-18(27-31-17)14-3-2-4-15(9-14)20(21,22)23/h2-4,9-11H,5-8,12H2,1H3. The lowest BCUT2D eigenvalue weighted by molar-refractivity contribution is -0.137. The van der Waals surface area contributed by atoms with Crippen LogP contribution in [0.2, 0.25) is 0 Å². The van der Waals surface area contributed by atoms with E-state index < -0.39 is 11.7 Å². The first-order valence-corrected chi connectivity index (χ1v) is 9.60. The lowest BCUT2D eigenvalue weighted by Gasteiger charge is -2.33. The summed E-state index contributed by atoms with van der Waals surface area (Å²) in [5, 5.41) is 3.81. The molecule has 0 unspecified atom stereocenters. The minimum atomic E-state index is -4.44. The minimum absolute atomic E-state index is 0.104. The van der Waals surface area contributed by atoms with Gasteiger partial charge in [-0.2, -0.15) is 18.2 Å². The normalized spacial score (nSPS) is 15.3. The maximum absolute atomic E-state index is 12.9. The highest BCUT2D eigenvalue weighted by Gasteiger charge is 2.31. The number of alkyl halides is 3. The second-order valence-electron chi connectivity index (χ2n) is 7.20. The fourth-order valence-electron chi connectivity index (χ4n) is 3.24. The molecule has 0 N–H and O–H groups in total. The highest BCUT2D eigenvalue weighted by molar-refractivity contribution is 5.92. The number of halogens is 3. The van der Waals surface area contributed by atoms with E-state index in [1.165, 1.54) is 18.3 Å². The Morgan fingerprint density at radius 3 is 2.58 bits per heavy atom. The van der Waals surface area contributed by atoms with Crippen molar-refractivity contribution >= 4 is 5.91 Å². The lowest BCUT2D eigenvalue weighted by Crippen LogP contribution is -2.48. The van der Waals surface area contributed by atoms with Gasteiger partial charge in [-0.25, -0.2) is 4.98 Å². The molecule has 0 radical (unpaired) electrons. The highest BCUT2D eigenvalue weighted by atomic mass is 19.4. The zero-order valence-corrected chi connectivity index (χ0v) is 16.6. The van der Waals surface area contributed by atoms with Gasteiger partial charge in [0.15, 0.2) is 0 Å². The third-order valence-electron chi connectivity index (χ3n) is 4.93. The van der Waals surface area contributed by atoms with Crippen LogP contribution in [0.5, 0.6) is 0 Å². The molecule has 1 aromatic carbocycles. The quantitative estimate of drug-likeness (QED) is 0.626. The van der Waals surface area contributed by atoms with Crippen molar-refractivity contribution in [2.75, 3.05) is 26.2 Å². The SMILES string of the molecule is Cc1cnc(C(=O)N2CCN(Cc3nc(-c4cccc(C(F)(F)F)c4)no3)CC2)cn1. The molecule has 0 bridgehead atoms. The number of carbonyl (C=O) groups is 1. The molecule has 4 rings (SSSR count). The number of rotatable bonds is 4. The third-order valence-corrected chi connectivity index (χ3v) is 4.93. The molecule has 3 aromatic rings. The van der Waals surface area contributed by atoms with Crippen LogP contribution in [-0.4, -0.2) is 62.0 Å². The van der Waals surface area contributed by atoms with Crippen LogP contribution < -0.4 is 0 Å². The van der Waals surface area contributed by atoms with Crippen LogP contribution in [0.25, 0.3) is 11.4 Å². The molecule has 8 nitrogen and oxygen atoms in total. The van der Waals surface area contributed by atoms with Gasteiger partial charge < -0.3 is 9.42 Å². The molecule has 162 valence electrons. The van der Waals surface area contributed by atoms with E-state index in [2.05, 4.69) is 20.1 Å². The number of aromatic nitrogens is 4. The zero-order valence-electron chi connectivity index (χ0n) is 16.6. The highest BCUT2D eigenvalue weighted by Crippen LogP contribution is 2.31. The minimum Gasteiger partial charge on any atom is -0.338 e. The summed E-state index contributed by atoms with van der Waals surface area (Å²) in [4.78, 5) is 28.7. The fourth-order valence-corrected chi connectivity index (χ4v) is 3.24. The maximum atomic E-state index is 12.9. The largest absolute Gasteiger partial charge is 0.416 e. The van der Waals surface area contributed by atoms with Crippen molar-refractivity contribution in [2.45, 2.75) is 19.6 Å². The van der Waals surface area contributed by atoms with Crippen LogP contribution in [0.3, 0.4) is 0 Å². The Morgan fingerprint density at radius 1 is 1.13 bits per heavy atom. The van der Waals surface area contributed by atoms with Gasteiger partial charge in [-0.3, -0.25) is 14.7 Å². The number of hydrogen-bond donors (Lipinski definition) is 0. The number of hydrogen-bond acceptors (Lipinski definition) is 7. The molecule has 0 saturated carbocycles. The molecular formula is C20H19F3N6O2. The van der Waals surface area contributed by atoms with Crippen molar-refractivity contribution in [1.29, 1.82) is 0 Å². The second kappa shape index (κ2) is 8.42. The van der Waals surface area contributed by atoms with Gasteiger partial charge in [-0.1, -0.05) is 17.3 Å². The molecule has 1 aliphatic rings. The number of amides is 1. The molecule has 1 amide bonds. The summed E-state index contributed by atoms with van der Waals surface area (Å²) >= 11 is 0. The number of nitrogens with zero attached hydrogens (tertiary/aromatic N) is 6. The van der Waals surface area contributed by atoms with Crippen molar-refractivity contribution in [3.63, 3.8) is 0 Å². The molecular weight excluding hydrogens is 413 g/mol. The van der Waals surface area contributed by atoms with Crippen molar-refractivity contribution in [2.24, 2.45) is 0 Å². The molecule has 3 heterocycles. The monoisotopic (exact) mass is 432 g/mol. The van der Waals surface area contributed by atoms with Gasteiger partial charge in [0.1, 0.15) is 5.69 Å². The first-order chi connectivity index (χ1) is 14.8. The first-order valence-electron chi connectivity index (χ1n) is 9.60. The van der Waals surface area contributed by atoms with E-state index in [1.54, 1.807) is 18.0 Å². The smallest absolute Gasteiger partial charge is 0.338 e. The Hall–Kier alpha value is -3.34. The van der Waals surface area contributed by atoms with Crippen LogP contribution in [0.4, 0.5) is 13.2 Å². The second-order valence-corrected chi connectivity index (χ2v) is 7.20. The van der Waals surface area contributed by atoms with Gasteiger partial charge >= 0.3 is 6.18 Å². The molecule has 0 aliphatic carbocycles. The Kier molecular flexibility index (Phi) is 5.68. The van der Waals surface area contributed by atoms with Gasteiger partial charge in [-0.05, 0) is 19.1 Å². The molecule has 11 heteroatoms. The van der Waals surface area contributed by atoms with E-state index in [1.807, 2.05) is 4.90 Å². The summed E-state index contributed by atoms with van der Waals surface area (Å²) in [6.07, 6.45) is -1.41. The van der Waals surface area contributed by atoms with Gasteiger partial charge in [0.05, 0.1) is 24.0 Å². The van der Waals surface area contributed by atoms with E-state index >= 15 is 0 Å². The Bertz CT molecular complexity index is 1060. The Balaban J connectivity index is 1.35. The summed E-state index contributed by atoms with van der Waals surface area (Å²) in [5.41, 5.74) is 0.516. The number of carbonyl (C=O) groups excluding carboxylic acids is 1.